The number of nitrogens with zero attached hydrogens (tertiary/aromatic N) is 3. The van der Waals surface area contributed by atoms with Gasteiger partial charge < -0.3 is 4.90 Å². The van der Waals surface area contributed by atoms with Gasteiger partial charge >= 0.3 is 6.18 Å². The Morgan fingerprint density at radius 3 is 2.40 bits per heavy atom. The van der Waals surface area contributed by atoms with E-state index in [2.05, 4.69) is 5.10 Å². The Morgan fingerprint density at radius 2 is 1.80 bits per heavy atom. The molecular weight excluding hydrogens is 371 g/mol. The lowest BCUT2D eigenvalue weighted by atomic mass is 10.1. The van der Waals surface area contributed by atoms with Crippen molar-refractivity contribution in [1.29, 1.82) is 0 Å². The van der Waals surface area contributed by atoms with E-state index in [4.69, 9.17) is 0 Å². The van der Waals surface area contributed by atoms with Crippen molar-refractivity contribution in [3.05, 3.63) is 47.3 Å². The summed E-state index contributed by atoms with van der Waals surface area (Å²) < 4.78 is 42.0. The number of rotatable bonds is 2. The molecule has 2 heterocycles. The van der Waals surface area contributed by atoms with Crippen LogP contribution in [-0.4, -0.2) is 45.2 Å². The van der Waals surface area contributed by atoms with E-state index in [0.29, 0.717) is 35.8 Å². The lowest BCUT2D eigenvalue weighted by Gasteiger charge is -2.20. The number of aromatic nitrogens is 2. The minimum Gasteiger partial charge on any atom is -0.337 e. The molecule has 0 N–H and O–H groups in total. The highest BCUT2D eigenvalue weighted by Crippen LogP contribution is 2.35. The summed E-state index contributed by atoms with van der Waals surface area (Å²) in [7, 11) is 3.25. The number of aryl methyl sites for hydroxylation is 1. The van der Waals surface area contributed by atoms with Crippen LogP contribution < -0.4 is 0 Å². The Bertz CT molecular complexity index is 768. The standard InChI is InChI=1S/C16H16F3N3OS2/c1-11-4-2-3-5-13(11)22-14(16(17,18)19)12(10-20-22)15(23)21-6-8-24-25-9-7-21/h2-5,10H,6-9H2,1H3. The normalized spacial score (nSPS) is 15.9. The summed E-state index contributed by atoms with van der Waals surface area (Å²) in [4.78, 5) is 14.2. The molecule has 0 spiro atoms. The van der Waals surface area contributed by atoms with Crippen LogP contribution in [0.2, 0.25) is 0 Å². The third kappa shape index (κ3) is 3.82. The van der Waals surface area contributed by atoms with Crippen molar-refractivity contribution < 1.29 is 18.0 Å². The van der Waals surface area contributed by atoms with Gasteiger partial charge in [-0.25, -0.2) is 4.68 Å². The molecule has 4 nitrogen and oxygen atoms in total. The predicted molar refractivity (Wildman–Crippen MR) is 94.1 cm³/mol. The minimum atomic E-state index is -4.68. The van der Waals surface area contributed by atoms with Crippen LogP contribution in [0.5, 0.6) is 0 Å². The van der Waals surface area contributed by atoms with E-state index in [0.717, 1.165) is 10.9 Å². The van der Waals surface area contributed by atoms with Crippen LogP contribution in [0.25, 0.3) is 5.69 Å². The molecule has 3 rings (SSSR count). The number of carbonyl (C=O) groups is 1. The summed E-state index contributed by atoms with van der Waals surface area (Å²) in [6.45, 7) is 2.58. The molecule has 1 saturated heterocycles. The molecule has 0 atom stereocenters. The largest absolute Gasteiger partial charge is 0.434 e. The lowest BCUT2D eigenvalue weighted by Crippen LogP contribution is -2.35. The summed E-state index contributed by atoms with van der Waals surface area (Å²) in [5.41, 5.74) is -0.447. The first kappa shape index (κ1) is 18.2. The Kier molecular flexibility index (Phi) is 5.33. The minimum absolute atomic E-state index is 0.316. The molecule has 1 aliphatic heterocycles. The molecule has 2 aromatic rings. The fourth-order valence-electron chi connectivity index (χ4n) is 2.66. The van der Waals surface area contributed by atoms with Crippen molar-refractivity contribution in [2.45, 2.75) is 13.1 Å². The van der Waals surface area contributed by atoms with Gasteiger partial charge in [-0.1, -0.05) is 39.8 Å². The number of halogens is 3. The highest BCUT2D eigenvalue weighted by molar-refractivity contribution is 8.76. The Balaban J connectivity index is 2.06. The smallest absolute Gasteiger partial charge is 0.337 e. The van der Waals surface area contributed by atoms with Gasteiger partial charge in [0.25, 0.3) is 5.91 Å². The maximum Gasteiger partial charge on any atom is 0.434 e. The first-order valence-electron chi connectivity index (χ1n) is 7.64. The zero-order valence-electron chi connectivity index (χ0n) is 13.4. The van der Waals surface area contributed by atoms with E-state index in [9.17, 15) is 18.0 Å². The molecule has 1 amide bonds. The van der Waals surface area contributed by atoms with E-state index in [1.54, 1.807) is 52.8 Å². The highest BCUT2D eigenvalue weighted by Gasteiger charge is 2.41. The maximum atomic E-state index is 13.7. The number of benzene rings is 1. The predicted octanol–water partition coefficient (Wildman–Crippen LogP) is 4.04. The van der Waals surface area contributed by atoms with Crippen LogP contribution in [0.3, 0.4) is 0 Å². The van der Waals surface area contributed by atoms with Gasteiger partial charge in [0, 0.05) is 24.6 Å². The monoisotopic (exact) mass is 387 g/mol. The fraction of sp³-hybridized carbons (Fsp3) is 0.375. The third-order valence-electron chi connectivity index (χ3n) is 3.87. The van der Waals surface area contributed by atoms with Crippen molar-refractivity contribution in [1.82, 2.24) is 14.7 Å². The summed E-state index contributed by atoms with van der Waals surface area (Å²) in [6, 6.07) is 6.66. The summed E-state index contributed by atoms with van der Waals surface area (Å²) in [6.07, 6.45) is -3.65. The molecule has 9 heteroatoms. The second-order valence-electron chi connectivity index (χ2n) is 5.54. The molecule has 0 aliphatic carbocycles. The van der Waals surface area contributed by atoms with Gasteiger partial charge in [0.1, 0.15) is 0 Å². The summed E-state index contributed by atoms with van der Waals surface area (Å²) >= 11 is 0. The van der Waals surface area contributed by atoms with Gasteiger partial charge in [-0.15, -0.1) is 0 Å². The highest BCUT2D eigenvalue weighted by atomic mass is 33.1. The second-order valence-corrected chi connectivity index (χ2v) is 8.24. The Labute approximate surface area is 151 Å². The summed E-state index contributed by atoms with van der Waals surface area (Å²) in [5.74, 6) is 0.781. The molecular formula is C16H16F3N3OS2. The zero-order valence-corrected chi connectivity index (χ0v) is 15.0. The fourth-order valence-corrected chi connectivity index (χ4v) is 4.64. The van der Waals surface area contributed by atoms with Crippen LogP contribution in [0.15, 0.2) is 30.5 Å². The SMILES string of the molecule is Cc1ccccc1-n1ncc(C(=O)N2CCSSCC2)c1C(F)(F)F. The zero-order chi connectivity index (χ0) is 18.0. The first-order chi connectivity index (χ1) is 11.9. The molecule has 0 radical (unpaired) electrons. The van der Waals surface area contributed by atoms with E-state index < -0.39 is 23.3 Å². The van der Waals surface area contributed by atoms with Crippen molar-refractivity contribution in [2.75, 3.05) is 24.6 Å². The van der Waals surface area contributed by atoms with E-state index in [1.165, 1.54) is 4.90 Å². The average Bonchev–Trinajstić information content (AvgIpc) is 2.83. The molecule has 1 aliphatic rings. The van der Waals surface area contributed by atoms with Crippen LogP contribution in [0, 0.1) is 6.92 Å². The molecule has 0 unspecified atom stereocenters. The van der Waals surface area contributed by atoms with Gasteiger partial charge in [0.15, 0.2) is 5.69 Å². The molecule has 0 saturated carbocycles. The molecule has 1 fully saturated rings. The lowest BCUT2D eigenvalue weighted by molar-refractivity contribution is -0.143. The van der Waals surface area contributed by atoms with E-state index >= 15 is 0 Å². The van der Waals surface area contributed by atoms with Crippen molar-refractivity contribution in [2.24, 2.45) is 0 Å². The van der Waals surface area contributed by atoms with Crippen LogP contribution in [-0.2, 0) is 6.18 Å². The van der Waals surface area contributed by atoms with Crippen molar-refractivity contribution in [3.63, 3.8) is 0 Å². The van der Waals surface area contributed by atoms with Crippen LogP contribution >= 0.6 is 21.6 Å². The van der Waals surface area contributed by atoms with Gasteiger partial charge in [-0.2, -0.15) is 18.3 Å². The van der Waals surface area contributed by atoms with Gasteiger partial charge in [0.05, 0.1) is 17.4 Å². The Hall–Kier alpha value is -1.61. The Morgan fingerprint density at radius 1 is 1.16 bits per heavy atom. The molecule has 1 aromatic carbocycles. The van der Waals surface area contributed by atoms with Gasteiger partial charge in [-0.05, 0) is 18.6 Å². The third-order valence-corrected chi connectivity index (χ3v) is 6.24. The van der Waals surface area contributed by atoms with Gasteiger partial charge in [0.2, 0.25) is 0 Å². The molecule has 25 heavy (non-hydrogen) atoms. The first-order valence-corrected chi connectivity index (χ1v) is 10.1. The number of para-hydroxylation sites is 1. The number of carbonyl (C=O) groups excluding carboxylic acids is 1. The molecule has 134 valence electrons. The number of alkyl halides is 3. The number of hydrogen-bond donors (Lipinski definition) is 0. The van der Waals surface area contributed by atoms with Gasteiger partial charge in [-0.3, -0.25) is 4.79 Å². The van der Waals surface area contributed by atoms with E-state index in [1.807, 2.05) is 0 Å². The quantitative estimate of drug-likeness (QED) is 0.729. The topological polar surface area (TPSA) is 38.1 Å². The summed E-state index contributed by atoms with van der Waals surface area (Å²) in [5, 5.41) is 3.89. The number of hydrogen-bond acceptors (Lipinski definition) is 4. The molecule has 0 bridgehead atoms. The second kappa shape index (κ2) is 7.33. The van der Waals surface area contributed by atoms with Crippen LogP contribution in [0.4, 0.5) is 13.2 Å². The maximum absolute atomic E-state index is 13.7. The van der Waals surface area contributed by atoms with Crippen molar-refractivity contribution in [3.8, 4) is 5.69 Å². The average molecular weight is 387 g/mol. The van der Waals surface area contributed by atoms with Crippen LogP contribution in [0.1, 0.15) is 21.6 Å². The van der Waals surface area contributed by atoms with Crippen molar-refractivity contribution >= 4 is 27.5 Å². The van der Waals surface area contributed by atoms with E-state index in [-0.39, 0.29) is 0 Å². The molecule has 1 aromatic heterocycles. The number of amides is 1.